The summed E-state index contributed by atoms with van der Waals surface area (Å²) in [5.41, 5.74) is -3.02. The standard InChI is InChI=1S/C22H38NO7PS2/c1-5-6-7-13-27-18-11-10-12-19(16-18)28-14-8-9-15-29-31(32,33)30-20(17-21(24)25)22(26)23(2,3)4/h10-12,16,20,22,26H,5-9,13-15,17H2,1-4H3,(H-,24,25,32,33)/p+1/t20-,22?/m1/s1. The van der Waals surface area contributed by atoms with Crippen molar-refractivity contribution in [1.82, 2.24) is 0 Å². The summed E-state index contributed by atoms with van der Waals surface area (Å²) in [4.78, 5) is 11.2. The van der Waals surface area contributed by atoms with Gasteiger partial charge in [0, 0.05) is 6.07 Å². The van der Waals surface area contributed by atoms with E-state index in [2.05, 4.69) is 19.2 Å². The molecule has 0 heterocycles. The highest BCUT2D eigenvalue weighted by Gasteiger charge is 2.36. The fourth-order valence-corrected chi connectivity index (χ4v) is 4.95. The van der Waals surface area contributed by atoms with Gasteiger partial charge in [0.2, 0.25) is 11.9 Å². The molecule has 0 fully saturated rings. The third-order valence-electron chi connectivity index (χ3n) is 4.65. The van der Waals surface area contributed by atoms with Crippen LogP contribution in [-0.4, -0.2) is 74.0 Å². The maximum Gasteiger partial charge on any atom is 0.306 e. The fourth-order valence-electron chi connectivity index (χ4n) is 2.84. The third kappa shape index (κ3) is 13.6. The van der Waals surface area contributed by atoms with Crippen molar-refractivity contribution in [3.63, 3.8) is 0 Å². The molecule has 0 saturated carbocycles. The molecule has 33 heavy (non-hydrogen) atoms. The average Bonchev–Trinajstić information content (AvgIpc) is 2.72. The van der Waals surface area contributed by atoms with Crippen LogP contribution in [0.2, 0.25) is 0 Å². The number of aliphatic hydroxyl groups excluding tert-OH is 1. The van der Waals surface area contributed by atoms with Crippen LogP contribution < -0.4 is 9.47 Å². The van der Waals surface area contributed by atoms with E-state index in [9.17, 15) is 9.90 Å². The van der Waals surface area contributed by atoms with E-state index in [1.165, 1.54) is 0 Å². The highest BCUT2D eigenvalue weighted by molar-refractivity contribution is 8.60. The van der Waals surface area contributed by atoms with Gasteiger partial charge in [0.1, 0.15) is 11.5 Å². The molecular weight excluding hydrogens is 485 g/mol. The minimum Gasteiger partial charge on any atom is -0.493 e. The molecule has 0 aliphatic carbocycles. The molecule has 1 rings (SSSR count). The van der Waals surface area contributed by atoms with Crippen LogP contribution in [0.25, 0.3) is 0 Å². The van der Waals surface area contributed by atoms with Crippen LogP contribution in [0.3, 0.4) is 0 Å². The van der Waals surface area contributed by atoms with Gasteiger partial charge < -0.3 is 33.2 Å². The van der Waals surface area contributed by atoms with Gasteiger partial charge in [-0.1, -0.05) is 38.1 Å². The van der Waals surface area contributed by atoms with Crippen molar-refractivity contribution in [2.75, 3.05) is 41.0 Å². The van der Waals surface area contributed by atoms with Crippen LogP contribution in [0.4, 0.5) is 0 Å². The molecule has 11 heteroatoms. The van der Waals surface area contributed by atoms with E-state index in [-0.39, 0.29) is 4.48 Å². The van der Waals surface area contributed by atoms with E-state index in [0.29, 0.717) is 26.2 Å². The Morgan fingerprint density at radius 3 is 2.15 bits per heavy atom. The summed E-state index contributed by atoms with van der Waals surface area (Å²) >= 11 is 9.61. The Kier molecular flexibility index (Phi) is 13.9. The minimum atomic E-state index is -3.02. The summed E-state index contributed by atoms with van der Waals surface area (Å²) in [6, 6.07) is 7.59. The summed E-state index contributed by atoms with van der Waals surface area (Å²) in [6.45, 7) is 3.66. The van der Waals surface area contributed by atoms with Gasteiger partial charge in [-0.3, -0.25) is 4.79 Å². The quantitative estimate of drug-likeness (QED) is 0.0852. The zero-order chi connectivity index (χ0) is 24.9. The Bertz CT molecular complexity index is 761. The first-order chi connectivity index (χ1) is 15.4. The van der Waals surface area contributed by atoms with Crippen LogP contribution in [0.15, 0.2) is 24.3 Å². The average molecular weight is 525 g/mol. The van der Waals surface area contributed by atoms with Gasteiger partial charge in [-0.25, -0.2) is 0 Å². The number of hydrogen-bond donors (Lipinski definition) is 3. The molecule has 2 N–H and O–H groups in total. The SMILES string of the molecule is CCCCCOc1cccc(OCCCCOP(=S)(S)O[C@H](CC(=O)O)C(O)[N+](C)(C)C)c1. The molecule has 0 aromatic heterocycles. The first kappa shape index (κ1) is 30.2. The number of ether oxygens (including phenoxy) is 2. The molecule has 2 unspecified atom stereocenters. The Morgan fingerprint density at radius 2 is 1.64 bits per heavy atom. The molecule has 0 spiro atoms. The predicted molar refractivity (Wildman–Crippen MR) is 137 cm³/mol. The van der Waals surface area contributed by atoms with Gasteiger partial charge in [-0.05, 0) is 43.2 Å². The Morgan fingerprint density at radius 1 is 1.09 bits per heavy atom. The van der Waals surface area contributed by atoms with Crippen molar-refractivity contribution in [2.45, 2.75) is 57.8 Å². The smallest absolute Gasteiger partial charge is 0.306 e. The number of unbranched alkanes of at least 4 members (excludes halogenated alkanes) is 3. The number of nitrogens with zero attached hydrogens (tertiary/aromatic N) is 1. The van der Waals surface area contributed by atoms with Crippen LogP contribution in [0.5, 0.6) is 11.5 Å². The summed E-state index contributed by atoms with van der Waals surface area (Å²) in [7, 11) is 5.21. The largest absolute Gasteiger partial charge is 0.493 e. The van der Waals surface area contributed by atoms with E-state index >= 15 is 0 Å². The second-order valence-corrected chi connectivity index (χ2v) is 13.9. The predicted octanol–water partition coefficient (Wildman–Crippen LogP) is 4.47. The van der Waals surface area contributed by atoms with Crippen LogP contribution in [0, 0.1) is 0 Å². The number of quaternary nitrogens is 1. The topological polar surface area (TPSA) is 94.5 Å². The number of aliphatic carboxylic acids is 1. The van der Waals surface area contributed by atoms with E-state index in [0.717, 1.165) is 37.2 Å². The Labute approximate surface area is 208 Å². The molecule has 0 radical (unpaired) electrons. The van der Waals surface area contributed by atoms with Crippen LogP contribution >= 0.6 is 17.9 Å². The number of likely N-dealkylation sites (N-methyl/N-ethyl adjacent to an activating group) is 1. The van der Waals surface area contributed by atoms with Crippen molar-refractivity contribution >= 4 is 35.7 Å². The summed E-state index contributed by atoms with van der Waals surface area (Å²) in [5.74, 6) is 0.451. The Balaban J connectivity index is 2.38. The van der Waals surface area contributed by atoms with Crippen molar-refractivity contribution < 1.29 is 38.0 Å². The molecule has 190 valence electrons. The summed E-state index contributed by atoms with van der Waals surface area (Å²) < 4.78 is 22.9. The third-order valence-corrected chi connectivity index (χ3v) is 6.90. The number of carboxylic acids is 1. The summed E-state index contributed by atoms with van der Waals surface area (Å²) in [5, 5.41) is 19.6. The number of carbonyl (C=O) groups is 1. The monoisotopic (exact) mass is 524 g/mol. The number of aliphatic hydroxyl groups is 1. The molecule has 1 aromatic rings. The van der Waals surface area contributed by atoms with E-state index in [1.54, 1.807) is 21.1 Å². The highest BCUT2D eigenvalue weighted by Crippen LogP contribution is 2.55. The molecule has 1 aromatic carbocycles. The number of rotatable bonds is 18. The second-order valence-electron chi connectivity index (χ2n) is 8.66. The van der Waals surface area contributed by atoms with Crippen molar-refractivity contribution in [3.05, 3.63) is 24.3 Å². The lowest BCUT2D eigenvalue weighted by Gasteiger charge is -2.35. The lowest BCUT2D eigenvalue weighted by atomic mass is 10.2. The molecule has 0 bridgehead atoms. The zero-order valence-electron chi connectivity index (χ0n) is 20.0. The lowest BCUT2D eigenvalue weighted by Crippen LogP contribution is -2.52. The van der Waals surface area contributed by atoms with Gasteiger partial charge in [-0.2, -0.15) is 0 Å². The number of benzene rings is 1. The summed E-state index contributed by atoms with van der Waals surface area (Å²) in [6.07, 6.45) is 2.24. The van der Waals surface area contributed by atoms with E-state index < -0.39 is 30.4 Å². The molecule has 8 nitrogen and oxygen atoms in total. The van der Waals surface area contributed by atoms with Crippen molar-refractivity contribution in [2.24, 2.45) is 0 Å². The van der Waals surface area contributed by atoms with Gasteiger partial charge in [0.25, 0.3) is 0 Å². The van der Waals surface area contributed by atoms with Gasteiger partial charge >= 0.3 is 5.97 Å². The molecule has 3 atom stereocenters. The molecular formula is C22H39NO7PS2+. The normalized spacial score (nSPS) is 15.5. The minimum absolute atomic E-state index is 0.101. The van der Waals surface area contributed by atoms with Crippen molar-refractivity contribution in [1.29, 1.82) is 0 Å². The maximum absolute atomic E-state index is 11.2. The number of carboxylic acid groups (broad SMARTS) is 1. The van der Waals surface area contributed by atoms with Crippen LogP contribution in [-0.2, 0) is 25.6 Å². The van der Waals surface area contributed by atoms with E-state index in [1.807, 2.05) is 24.3 Å². The number of thiol groups is 1. The molecule has 0 aliphatic rings. The van der Waals surface area contributed by atoms with Crippen LogP contribution in [0.1, 0.15) is 45.4 Å². The van der Waals surface area contributed by atoms with Gasteiger partial charge in [0.05, 0.1) is 47.4 Å². The lowest BCUT2D eigenvalue weighted by molar-refractivity contribution is -0.922. The Hall–Kier alpha value is -0.870. The highest BCUT2D eigenvalue weighted by atomic mass is 32.9. The maximum atomic E-state index is 11.2. The first-order valence-corrected chi connectivity index (χ1v) is 15.0. The van der Waals surface area contributed by atoms with Gasteiger partial charge in [0.15, 0.2) is 6.10 Å². The van der Waals surface area contributed by atoms with E-state index in [4.69, 9.17) is 35.4 Å². The second kappa shape index (κ2) is 15.2. The molecule has 0 amide bonds. The fraction of sp³-hybridized carbons (Fsp3) is 0.682. The van der Waals surface area contributed by atoms with Crippen molar-refractivity contribution in [3.8, 4) is 11.5 Å². The zero-order valence-corrected chi connectivity index (χ0v) is 22.6. The van der Waals surface area contributed by atoms with Gasteiger partial charge in [-0.15, -0.1) is 0 Å². The number of hydrogen-bond acceptors (Lipinski definition) is 7. The molecule has 0 saturated heterocycles. The molecule has 0 aliphatic heterocycles. The first-order valence-electron chi connectivity index (χ1n) is 11.2.